The lowest BCUT2D eigenvalue weighted by Crippen LogP contribution is -2.43. The average Bonchev–Trinajstić information content (AvgIpc) is 3.06. The zero-order chi connectivity index (χ0) is 15.4. The van der Waals surface area contributed by atoms with Crippen LogP contribution in [-0.4, -0.2) is 34.6 Å². The Balaban J connectivity index is 1.59. The van der Waals surface area contributed by atoms with Crippen molar-refractivity contribution in [1.29, 1.82) is 0 Å². The SMILES string of the molecule is CN(Cc1ccccc1)C(=O)[C@@H]1CSC(c2cccnc2)N1. The molecule has 2 aromatic rings. The van der Waals surface area contributed by atoms with E-state index in [1.807, 2.05) is 55.7 Å². The molecule has 2 heterocycles. The Morgan fingerprint density at radius 1 is 1.32 bits per heavy atom. The number of thioether (sulfide) groups is 1. The van der Waals surface area contributed by atoms with E-state index in [1.54, 1.807) is 22.9 Å². The second-order valence-electron chi connectivity index (χ2n) is 5.40. The molecular formula is C17H19N3OS. The van der Waals surface area contributed by atoms with E-state index in [-0.39, 0.29) is 17.3 Å². The third-order valence-electron chi connectivity index (χ3n) is 3.71. The van der Waals surface area contributed by atoms with Gasteiger partial charge in [-0.15, -0.1) is 11.8 Å². The van der Waals surface area contributed by atoms with Crippen LogP contribution in [0.15, 0.2) is 54.9 Å². The molecule has 3 rings (SSSR count). The highest BCUT2D eigenvalue weighted by atomic mass is 32.2. The minimum Gasteiger partial charge on any atom is -0.340 e. The van der Waals surface area contributed by atoms with Gasteiger partial charge in [-0.05, 0) is 17.2 Å². The van der Waals surface area contributed by atoms with Crippen LogP contribution in [0.25, 0.3) is 0 Å². The van der Waals surface area contributed by atoms with Gasteiger partial charge in [-0.3, -0.25) is 15.1 Å². The van der Waals surface area contributed by atoms with Gasteiger partial charge in [0.2, 0.25) is 5.91 Å². The van der Waals surface area contributed by atoms with Crippen molar-refractivity contribution < 1.29 is 4.79 Å². The van der Waals surface area contributed by atoms with Crippen LogP contribution in [0, 0.1) is 0 Å². The molecule has 1 aromatic heterocycles. The number of nitrogens with zero attached hydrogens (tertiary/aromatic N) is 2. The second kappa shape index (κ2) is 6.94. The molecule has 1 N–H and O–H groups in total. The Labute approximate surface area is 134 Å². The van der Waals surface area contributed by atoms with Gasteiger partial charge in [0.05, 0.1) is 11.4 Å². The molecule has 114 valence electrons. The first-order chi connectivity index (χ1) is 10.7. The zero-order valence-electron chi connectivity index (χ0n) is 12.5. The highest BCUT2D eigenvalue weighted by molar-refractivity contribution is 7.99. The van der Waals surface area contributed by atoms with E-state index in [0.29, 0.717) is 6.54 Å². The summed E-state index contributed by atoms with van der Waals surface area (Å²) in [5.41, 5.74) is 2.27. The standard InChI is InChI=1S/C17H19N3OS/c1-20(11-13-6-3-2-4-7-13)17(21)15-12-22-16(19-15)14-8-5-9-18-10-14/h2-10,15-16,19H,11-12H2,1H3/t15-,16?/m0/s1. The van der Waals surface area contributed by atoms with Crippen molar-refractivity contribution in [3.8, 4) is 0 Å². The van der Waals surface area contributed by atoms with E-state index < -0.39 is 0 Å². The molecule has 1 aliphatic rings. The third kappa shape index (κ3) is 3.48. The molecule has 5 heteroatoms. The van der Waals surface area contributed by atoms with Gasteiger partial charge in [0, 0.05) is 31.7 Å². The summed E-state index contributed by atoms with van der Waals surface area (Å²) in [7, 11) is 1.86. The summed E-state index contributed by atoms with van der Waals surface area (Å²) in [5, 5.41) is 3.55. The van der Waals surface area contributed by atoms with Crippen LogP contribution in [0.5, 0.6) is 0 Å². The first kappa shape index (κ1) is 15.1. The Bertz CT molecular complexity index is 620. The molecule has 0 aliphatic carbocycles. The van der Waals surface area contributed by atoms with Crippen molar-refractivity contribution in [2.45, 2.75) is 18.0 Å². The van der Waals surface area contributed by atoms with E-state index in [1.165, 1.54) is 0 Å². The average molecular weight is 313 g/mol. The normalized spacial score (nSPS) is 20.8. The summed E-state index contributed by atoms with van der Waals surface area (Å²) in [5.74, 6) is 0.931. The van der Waals surface area contributed by atoms with E-state index in [4.69, 9.17) is 0 Å². The predicted octanol–water partition coefficient (Wildman–Crippen LogP) is 2.44. The maximum absolute atomic E-state index is 12.6. The Morgan fingerprint density at radius 3 is 2.86 bits per heavy atom. The second-order valence-corrected chi connectivity index (χ2v) is 6.54. The number of hydrogen-bond acceptors (Lipinski definition) is 4. The molecule has 4 nitrogen and oxygen atoms in total. The summed E-state index contributed by atoms with van der Waals surface area (Å²) in [6, 6.07) is 13.9. The highest BCUT2D eigenvalue weighted by Gasteiger charge is 2.32. The maximum Gasteiger partial charge on any atom is 0.240 e. The highest BCUT2D eigenvalue weighted by Crippen LogP contribution is 2.32. The lowest BCUT2D eigenvalue weighted by molar-refractivity contribution is -0.132. The molecule has 0 bridgehead atoms. The van der Waals surface area contributed by atoms with Gasteiger partial charge in [-0.2, -0.15) is 0 Å². The number of amides is 1. The molecule has 1 saturated heterocycles. The molecule has 0 spiro atoms. The Hall–Kier alpha value is -1.85. The van der Waals surface area contributed by atoms with Crippen LogP contribution in [-0.2, 0) is 11.3 Å². The minimum atomic E-state index is -0.135. The van der Waals surface area contributed by atoms with Crippen molar-refractivity contribution in [2.75, 3.05) is 12.8 Å². The molecule has 0 radical (unpaired) electrons. The van der Waals surface area contributed by atoms with Crippen molar-refractivity contribution in [3.05, 3.63) is 66.0 Å². The largest absolute Gasteiger partial charge is 0.340 e. The smallest absolute Gasteiger partial charge is 0.240 e. The monoisotopic (exact) mass is 313 g/mol. The van der Waals surface area contributed by atoms with Crippen molar-refractivity contribution >= 4 is 17.7 Å². The zero-order valence-corrected chi connectivity index (χ0v) is 13.3. The number of benzene rings is 1. The molecule has 0 saturated carbocycles. The van der Waals surface area contributed by atoms with Gasteiger partial charge in [-0.25, -0.2) is 0 Å². The topological polar surface area (TPSA) is 45.2 Å². The summed E-state index contributed by atoms with van der Waals surface area (Å²) >= 11 is 1.76. The number of nitrogens with one attached hydrogen (secondary N) is 1. The molecule has 1 unspecified atom stereocenters. The first-order valence-electron chi connectivity index (χ1n) is 7.30. The lowest BCUT2D eigenvalue weighted by Gasteiger charge is -2.21. The molecular weight excluding hydrogens is 294 g/mol. The van der Waals surface area contributed by atoms with Gasteiger partial charge in [0.15, 0.2) is 0 Å². The Kier molecular flexibility index (Phi) is 4.75. The number of likely N-dealkylation sites (N-methyl/N-ethyl adjacent to an activating group) is 1. The Morgan fingerprint density at radius 2 is 2.14 bits per heavy atom. The van der Waals surface area contributed by atoms with Crippen molar-refractivity contribution in [1.82, 2.24) is 15.2 Å². The number of carbonyl (C=O) groups is 1. The number of carbonyl (C=O) groups excluding carboxylic acids is 1. The van der Waals surface area contributed by atoms with Crippen LogP contribution in [0.2, 0.25) is 0 Å². The van der Waals surface area contributed by atoms with Crippen molar-refractivity contribution in [3.63, 3.8) is 0 Å². The van der Waals surface area contributed by atoms with Crippen LogP contribution < -0.4 is 5.32 Å². The number of hydrogen-bond donors (Lipinski definition) is 1. The summed E-state index contributed by atoms with van der Waals surface area (Å²) in [4.78, 5) is 18.5. The molecule has 1 aromatic carbocycles. The first-order valence-corrected chi connectivity index (χ1v) is 8.35. The molecule has 1 aliphatic heterocycles. The van der Waals surface area contributed by atoms with E-state index >= 15 is 0 Å². The number of pyridine rings is 1. The molecule has 1 fully saturated rings. The van der Waals surface area contributed by atoms with E-state index in [9.17, 15) is 4.79 Å². The number of rotatable bonds is 4. The number of aromatic nitrogens is 1. The summed E-state index contributed by atoms with van der Waals surface area (Å²) in [6.45, 7) is 0.639. The fraction of sp³-hybridized carbons (Fsp3) is 0.294. The van der Waals surface area contributed by atoms with Crippen LogP contribution >= 0.6 is 11.8 Å². The van der Waals surface area contributed by atoms with Gasteiger partial charge < -0.3 is 4.90 Å². The summed E-state index contributed by atoms with van der Waals surface area (Å²) in [6.07, 6.45) is 3.62. The van der Waals surface area contributed by atoms with Crippen LogP contribution in [0.1, 0.15) is 16.5 Å². The van der Waals surface area contributed by atoms with Crippen molar-refractivity contribution in [2.24, 2.45) is 0 Å². The lowest BCUT2D eigenvalue weighted by atomic mass is 10.2. The molecule has 1 amide bonds. The van der Waals surface area contributed by atoms with E-state index in [2.05, 4.69) is 10.3 Å². The fourth-order valence-electron chi connectivity index (χ4n) is 2.54. The van der Waals surface area contributed by atoms with Gasteiger partial charge in [0.25, 0.3) is 0 Å². The predicted molar refractivity (Wildman–Crippen MR) is 89.3 cm³/mol. The maximum atomic E-state index is 12.6. The third-order valence-corrected chi connectivity index (χ3v) is 4.97. The van der Waals surface area contributed by atoms with Gasteiger partial charge >= 0.3 is 0 Å². The van der Waals surface area contributed by atoms with Gasteiger partial charge in [0.1, 0.15) is 0 Å². The van der Waals surface area contributed by atoms with Gasteiger partial charge in [-0.1, -0.05) is 36.4 Å². The fourth-order valence-corrected chi connectivity index (χ4v) is 3.75. The summed E-state index contributed by atoms with van der Waals surface area (Å²) < 4.78 is 0. The minimum absolute atomic E-state index is 0.135. The quantitative estimate of drug-likeness (QED) is 0.942. The van der Waals surface area contributed by atoms with Crippen LogP contribution in [0.4, 0.5) is 0 Å². The molecule has 22 heavy (non-hydrogen) atoms. The molecule has 2 atom stereocenters. The van der Waals surface area contributed by atoms with E-state index in [0.717, 1.165) is 16.9 Å². The van der Waals surface area contributed by atoms with Crippen LogP contribution in [0.3, 0.4) is 0 Å².